The second kappa shape index (κ2) is 36.5. The van der Waals surface area contributed by atoms with Crippen molar-refractivity contribution in [1.29, 1.82) is 0 Å². The molecule has 0 spiro atoms. The molecule has 0 aliphatic rings. The van der Waals surface area contributed by atoms with E-state index >= 15 is 0 Å². The first-order valence-corrected chi connectivity index (χ1v) is 33.6. The first-order valence-electron chi connectivity index (χ1n) is 33.2. The van der Waals surface area contributed by atoms with Crippen LogP contribution in [0.25, 0.3) is 66.9 Å². The highest BCUT2D eigenvalue weighted by atomic mass is 35.5. The molecule has 15 rings (SSSR count). The molecular formula is C74H69Cl3FN27O4. The van der Waals surface area contributed by atoms with E-state index in [0.29, 0.717) is 128 Å². The average Bonchev–Trinajstić information content (AvgIpc) is 1.15. The molecule has 0 unspecified atom stereocenters. The molecule has 0 atom stereocenters. The number of rotatable bonds is 17. The summed E-state index contributed by atoms with van der Waals surface area (Å²) in [6.07, 6.45) is 10.9. The van der Waals surface area contributed by atoms with Crippen LogP contribution in [0.4, 0.5) is 21.8 Å². The number of aromatic nitrogens is 21. The number of nitrogens with two attached hydrogens (primary N) is 4. The molecule has 109 heavy (non-hydrogen) atoms. The van der Waals surface area contributed by atoms with E-state index in [2.05, 4.69) is 117 Å². The van der Waals surface area contributed by atoms with E-state index in [1.807, 2.05) is 87.5 Å². The molecule has 31 nitrogen and oxygen atoms in total. The summed E-state index contributed by atoms with van der Waals surface area (Å²) in [4.78, 5) is 75.6. The molecule has 552 valence electrons. The largest absolute Gasteiger partial charge is 0.478 e. The highest BCUT2D eigenvalue weighted by Gasteiger charge is 2.19. The zero-order valence-electron chi connectivity index (χ0n) is 58.6. The average molecular weight is 1530 g/mol. The van der Waals surface area contributed by atoms with Crippen molar-refractivity contribution >= 4 is 103 Å². The van der Waals surface area contributed by atoms with Gasteiger partial charge in [-0.2, -0.15) is 15.6 Å². The highest BCUT2D eigenvalue weighted by molar-refractivity contribution is 6.32. The molecule has 3 aromatic carbocycles. The number of alkyl halides is 1. The third-order valence-corrected chi connectivity index (χ3v) is 16.9. The van der Waals surface area contributed by atoms with Gasteiger partial charge >= 0.3 is 5.97 Å². The Bertz CT molecular complexity index is 5500. The van der Waals surface area contributed by atoms with E-state index in [1.165, 1.54) is 12.3 Å². The lowest BCUT2D eigenvalue weighted by atomic mass is 10.0. The van der Waals surface area contributed by atoms with E-state index in [1.54, 1.807) is 85.6 Å². The van der Waals surface area contributed by atoms with Crippen molar-refractivity contribution in [3.63, 3.8) is 0 Å². The number of nitrogens with zero attached hydrogens (tertiary/aromatic N) is 18. The van der Waals surface area contributed by atoms with Gasteiger partial charge < -0.3 is 38.7 Å². The smallest absolute Gasteiger partial charge is 0.335 e. The maximum Gasteiger partial charge on any atom is 0.335 e. The number of anilines is 3. The van der Waals surface area contributed by atoms with E-state index < -0.39 is 13.1 Å². The molecule has 14 N–H and O–H groups in total. The molecule has 0 radical (unpaired) electrons. The van der Waals surface area contributed by atoms with Gasteiger partial charge in [-0.25, -0.2) is 19.7 Å². The van der Waals surface area contributed by atoms with Crippen molar-refractivity contribution in [2.45, 2.75) is 67.1 Å². The third-order valence-electron chi connectivity index (χ3n) is 16.3. The number of nitrogen functional groups attached to an aromatic ring is 3. The molecule has 35 heteroatoms. The number of aromatic carboxylic acids is 1. The van der Waals surface area contributed by atoms with E-state index in [9.17, 15) is 18.8 Å². The molecule has 0 saturated carbocycles. The number of carboxylic acid groups (broad SMARTS) is 1. The predicted octanol–water partition coefficient (Wildman–Crippen LogP) is 10.9. The van der Waals surface area contributed by atoms with Crippen LogP contribution < -0.4 is 33.6 Å². The maximum absolute atomic E-state index is 12.8. The number of benzene rings is 3. The van der Waals surface area contributed by atoms with Gasteiger partial charge in [0, 0.05) is 154 Å². The molecule has 0 fully saturated rings. The van der Waals surface area contributed by atoms with Crippen molar-refractivity contribution in [1.82, 2.24) is 117 Å². The van der Waals surface area contributed by atoms with Crippen LogP contribution >= 0.6 is 34.8 Å². The van der Waals surface area contributed by atoms with E-state index in [0.717, 1.165) is 89.1 Å². The van der Waals surface area contributed by atoms with Crippen molar-refractivity contribution in [2.24, 2.45) is 5.73 Å². The lowest BCUT2D eigenvalue weighted by molar-refractivity contribution is 0.0695. The third kappa shape index (κ3) is 20.3. The lowest BCUT2D eigenvalue weighted by Crippen LogP contribution is -2.23. The predicted molar refractivity (Wildman–Crippen MR) is 412 cm³/mol. The minimum Gasteiger partial charge on any atom is -0.478 e. The Kier molecular flexibility index (Phi) is 25.7. The number of carboxylic acids is 1. The number of hydrogen-bond acceptors (Lipinski definition) is 25. The highest BCUT2D eigenvalue weighted by Crippen LogP contribution is 2.33. The summed E-state index contributed by atoms with van der Waals surface area (Å²) < 4.78 is 15.5. The van der Waals surface area contributed by atoms with Crippen molar-refractivity contribution in [3.8, 4) is 34.2 Å². The molecule has 0 aliphatic heterocycles. The molecular weight excluding hydrogens is 1460 g/mol. The van der Waals surface area contributed by atoms with Gasteiger partial charge in [-0.1, -0.05) is 60.4 Å². The second-order valence-electron chi connectivity index (χ2n) is 23.8. The van der Waals surface area contributed by atoms with Crippen LogP contribution in [0.1, 0.15) is 107 Å². The number of amides is 2. The molecule has 15 aromatic rings. The van der Waals surface area contributed by atoms with Gasteiger partial charge in [0.25, 0.3) is 11.8 Å². The zero-order chi connectivity index (χ0) is 77.1. The van der Waals surface area contributed by atoms with Crippen LogP contribution in [0.15, 0.2) is 165 Å². The number of hydrogen-bond donors (Lipinski definition) is 10. The van der Waals surface area contributed by atoms with Crippen LogP contribution in [0, 0.1) is 20.8 Å². The fourth-order valence-electron chi connectivity index (χ4n) is 11.2. The summed E-state index contributed by atoms with van der Waals surface area (Å²) in [6, 6.07) is 37.9. The van der Waals surface area contributed by atoms with Gasteiger partial charge in [-0.3, -0.25) is 43.9 Å². The van der Waals surface area contributed by atoms with Crippen LogP contribution in [0.2, 0.25) is 15.1 Å². The summed E-state index contributed by atoms with van der Waals surface area (Å²) in [5.74, 6) is 1.33. The van der Waals surface area contributed by atoms with Crippen molar-refractivity contribution in [3.05, 3.63) is 264 Å². The number of carbonyl (C=O) groups excluding carboxylic acids is 2. The van der Waals surface area contributed by atoms with Gasteiger partial charge in [0.1, 0.15) is 17.5 Å². The number of carbonyl (C=O) groups is 3. The van der Waals surface area contributed by atoms with Crippen LogP contribution in [-0.4, -0.2) is 137 Å². The summed E-state index contributed by atoms with van der Waals surface area (Å²) in [7, 11) is -1.00. The van der Waals surface area contributed by atoms with Gasteiger partial charge in [0.15, 0.2) is 0 Å². The minimum absolute atomic E-state index is 0. The van der Waals surface area contributed by atoms with Gasteiger partial charge in [0.2, 0.25) is 17.5 Å². The van der Waals surface area contributed by atoms with Crippen LogP contribution in [-0.2, 0) is 38.9 Å². The van der Waals surface area contributed by atoms with Gasteiger partial charge in [-0.05, 0) is 179 Å². The van der Waals surface area contributed by atoms with E-state index in [4.69, 9.17) is 64.2 Å². The van der Waals surface area contributed by atoms with Gasteiger partial charge in [0.05, 0.1) is 45.7 Å². The normalized spacial score (nSPS) is 10.8. The Morgan fingerprint density at radius 2 is 0.789 bits per heavy atom. The molecule has 12 aromatic heterocycles. The van der Waals surface area contributed by atoms with Crippen molar-refractivity contribution in [2.75, 3.05) is 24.4 Å². The number of H-pyrrole nitrogens is 3. The van der Waals surface area contributed by atoms with E-state index in [-0.39, 0.29) is 24.8 Å². The molecule has 2 amide bonds. The Labute approximate surface area is 637 Å². The van der Waals surface area contributed by atoms with Crippen molar-refractivity contribution < 1.29 is 25.3 Å². The Morgan fingerprint density at radius 3 is 1.09 bits per heavy atom. The summed E-state index contributed by atoms with van der Waals surface area (Å²) >= 11 is 18.4. The topological polar surface area (TPSA) is 479 Å². The number of aromatic amines is 3. The second-order valence-corrected chi connectivity index (χ2v) is 25.1. The minimum atomic E-state index is -1.00. The number of halogens is 4. The Balaban J connectivity index is 0.000000163. The van der Waals surface area contributed by atoms with Gasteiger partial charge in [-0.15, -0.1) is 30.6 Å². The summed E-state index contributed by atoms with van der Waals surface area (Å²) in [6.45, 7) is 6.84. The Morgan fingerprint density at radius 1 is 0.468 bits per heavy atom. The fourth-order valence-corrected chi connectivity index (χ4v) is 11.7. The number of tetrazole rings is 3. The standard InChI is InChI=1S/2C24H20ClN9O.C17H11ClN6O2.C7H11N3.CH3F.CH4/c2*1-13-16(2-3-21(26)30-13)11-29-24(35)15-4-5-27-19(10-15)7-14-6-17-9-18(25)12-28-22(17)20(8-14)23-31-33-34-32-23;18-12-6-11-3-9(4-13-7-10(17(25)26)1-2-19-13)5-14(15(11)20-8-12)16-21-23-24-22-16;1-5-6(4-8)2-3-7(9)10-5;1-2;/h2*2-6,8-10,12H,7,11H2,1H3,(H2,26,30)(H,29,35)(H,31,32,33,34);1-3,5-8H,4H2,(H,25,26)(H,21,22,23,24);2-3H,4,8H2,1H3,(H2,9,10);1H3;1H4/i;;;;1D;. The first-order chi connectivity index (χ1) is 52.7. The zero-order valence-corrected chi connectivity index (χ0v) is 59.8. The molecule has 0 bridgehead atoms. The number of aryl methyl sites for hydroxylation is 3. The van der Waals surface area contributed by atoms with Crippen LogP contribution in [0.3, 0.4) is 0 Å². The maximum atomic E-state index is 12.8. The number of nitrogens with one attached hydrogen (secondary N) is 5. The lowest BCUT2D eigenvalue weighted by Gasteiger charge is -2.10. The number of pyridine rings is 9. The molecule has 0 aliphatic carbocycles. The molecule has 0 saturated heterocycles. The fraction of sp³-hybridized carbons (Fsp3) is 0.149. The SMILES string of the molecule is C.Cc1nc(N)ccc1CN.Cc1nc(N)ccc1CNC(=O)c1ccnc(Cc2cc(-c3nn[nH]n3)c3ncc(Cl)cc3c2)c1.Cc1nc(N)ccc1CNC(=O)c1ccnc(Cc2cc(-c3nn[nH]n3)c3ncc(Cl)cc3c2)c1.O=C(O)c1ccnc(Cc2cc(-c3nn[nH]n3)c3ncc(Cl)cc3c2)c1.[2H]CF. The molecule has 12 heterocycles. The van der Waals surface area contributed by atoms with Crippen LogP contribution in [0.5, 0.6) is 0 Å². The summed E-state index contributed by atoms with van der Waals surface area (Å²) in [5.41, 5.74) is 38.0. The quantitative estimate of drug-likeness (QED) is 0.0405. The first kappa shape index (κ1) is 76.7. The Hall–Kier alpha value is -13.4. The summed E-state index contributed by atoms with van der Waals surface area (Å²) in [5, 5.41) is 61.8. The monoisotopic (exact) mass is 1520 g/mol. The number of fused-ring (bicyclic) bond motifs is 3.